The highest BCUT2D eigenvalue weighted by Crippen LogP contribution is 2.02. The van der Waals surface area contributed by atoms with E-state index in [9.17, 15) is 9.59 Å². The number of carbonyl (C=O) groups is 2. The largest absolute Gasteiger partial charge is 0.338 e. The maximum Gasteiger partial charge on any atom is 0.321 e. The van der Waals surface area contributed by atoms with Crippen molar-refractivity contribution in [3.63, 3.8) is 0 Å². The van der Waals surface area contributed by atoms with Gasteiger partial charge in [0.25, 0.3) is 0 Å². The van der Waals surface area contributed by atoms with Crippen LogP contribution in [0.4, 0.5) is 4.79 Å². The number of hydrogen-bond donors (Lipinski definition) is 3. The van der Waals surface area contributed by atoms with E-state index in [0.29, 0.717) is 18.6 Å². The van der Waals surface area contributed by atoms with Crippen molar-refractivity contribution in [3.05, 3.63) is 0 Å². The van der Waals surface area contributed by atoms with Crippen molar-refractivity contribution in [1.82, 2.24) is 20.9 Å². The molecule has 0 aromatic heterocycles. The summed E-state index contributed by atoms with van der Waals surface area (Å²) >= 11 is 0. The summed E-state index contributed by atoms with van der Waals surface area (Å²) in [7, 11) is 0. The average Bonchev–Trinajstić information content (AvgIpc) is 2.14. The molecule has 0 spiro atoms. The molecule has 0 bridgehead atoms. The van der Waals surface area contributed by atoms with Gasteiger partial charge in [0.05, 0.1) is 6.54 Å². The first-order valence-corrected chi connectivity index (χ1v) is 6.07. The van der Waals surface area contributed by atoms with E-state index in [-0.39, 0.29) is 12.5 Å². The Kier molecular flexibility index (Phi) is 5.37. The van der Waals surface area contributed by atoms with Crippen LogP contribution >= 0.6 is 0 Å². The predicted octanol–water partition coefficient (Wildman–Crippen LogP) is -0.486. The summed E-state index contributed by atoms with van der Waals surface area (Å²) in [6.07, 6.45) is 0. The third-order valence-corrected chi connectivity index (χ3v) is 2.59. The Bertz CT molecular complexity index is 273. The van der Waals surface area contributed by atoms with Crippen LogP contribution in [-0.4, -0.2) is 55.1 Å². The van der Waals surface area contributed by atoms with E-state index in [0.717, 1.165) is 13.1 Å². The minimum Gasteiger partial charge on any atom is -0.338 e. The van der Waals surface area contributed by atoms with Gasteiger partial charge in [-0.2, -0.15) is 0 Å². The lowest BCUT2D eigenvalue weighted by Crippen LogP contribution is -2.56. The Balaban J connectivity index is 2.32. The molecule has 3 amide bonds. The monoisotopic (exact) mass is 242 g/mol. The lowest BCUT2D eigenvalue weighted by atomic mass is 10.1. The summed E-state index contributed by atoms with van der Waals surface area (Å²) in [4.78, 5) is 24.8. The highest BCUT2D eigenvalue weighted by Gasteiger charge is 2.22. The predicted molar refractivity (Wildman–Crippen MR) is 65.7 cm³/mol. The van der Waals surface area contributed by atoms with Crippen molar-refractivity contribution < 1.29 is 9.59 Å². The molecule has 0 radical (unpaired) electrons. The van der Waals surface area contributed by atoms with Crippen LogP contribution in [0.2, 0.25) is 0 Å². The molecule has 1 saturated heterocycles. The van der Waals surface area contributed by atoms with Crippen LogP contribution in [0.25, 0.3) is 0 Å². The topological polar surface area (TPSA) is 73.5 Å². The van der Waals surface area contributed by atoms with Gasteiger partial charge in [0.1, 0.15) is 0 Å². The van der Waals surface area contributed by atoms with E-state index < -0.39 is 6.03 Å². The summed E-state index contributed by atoms with van der Waals surface area (Å²) in [5, 5.41) is 8.23. The van der Waals surface area contributed by atoms with Crippen molar-refractivity contribution in [2.24, 2.45) is 0 Å². The van der Waals surface area contributed by atoms with E-state index in [2.05, 4.69) is 34.7 Å². The molecule has 0 aromatic carbocycles. The van der Waals surface area contributed by atoms with Crippen LogP contribution in [0.3, 0.4) is 0 Å². The minimum atomic E-state index is -0.422. The molecule has 98 valence electrons. The van der Waals surface area contributed by atoms with Gasteiger partial charge in [0.2, 0.25) is 5.91 Å². The van der Waals surface area contributed by atoms with Crippen molar-refractivity contribution in [2.45, 2.75) is 32.9 Å². The van der Waals surface area contributed by atoms with Crippen LogP contribution in [0.15, 0.2) is 0 Å². The van der Waals surface area contributed by atoms with E-state index in [4.69, 9.17) is 0 Å². The smallest absolute Gasteiger partial charge is 0.321 e. The molecule has 2 atom stereocenters. The van der Waals surface area contributed by atoms with Crippen LogP contribution in [0, 0.1) is 0 Å². The number of carbonyl (C=O) groups excluding carboxylic acids is 2. The first kappa shape index (κ1) is 13.9. The molecule has 2 unspecified atom stereocenters. The van der Waals surface area contributed by atoms with E-state index in [1.165, 1.54) is 0 Å². The normalized spacial score (nSPS) is 25.4. The number of nitrogens with zero attached hydrogens (tertiary/aromatic N) is 1. The van der Waals surface area contributed by atoms with Gasteiger partial charge in [-0.25, -0.2) is 4.79 Å². The van der Waals surface area contributed by atoms with Gasteiger partial charge < -0.3 is 10.6 Å². The van der Waals surface area contributed by atoms with Crippen LogP contribution in [0.1, 0.15) is 20.8 Å². The fraction of sp³-hybridized carbons (Fsp3) is 0.818. The summed E-state index contributed by atoms with van der Waals surface area (Å²) in [6, 6.07) is 0.320. The molecule has 0 aliphatic carbocycles. The highest BCUT2D eigenvalue weighted by molar-refractivity contribution is 5.95. The molecular weight excluding hydrogens is 220 g/mol. The van der Waals surface area contributed by atoms with Crippen molar-refractivity contribution in [2.75, 3.05) is 26.2 Å². The lowest BCUT2D eigenvalue weighted by molar-refractivity contribution is -0.121. The molecular formula is C11H22N4O2. The van der Waals surface area contributed by atoms with E-state index >= 15 is 0 Å². The third-order valence-electron chi connectivity index (χ3n) is 2.59. The number of nitrogens with one attached hydrogen (secondary N) is 3. The summed E-state index contributed by atoms with van der Waals surface area (Å²) < 4.78 is 0. The maximum absolute atomic E-state index is 11.6. The Morgan fingerprint density at radius 2 is 1.88 bits per heavy atom. The molecule has 6 heteroatoms. The number of urea groups is 1. The van der Waals surface area contributed by atoms with Crippen LogP contribution in [0.5, 0.6) is 0 Å². The Labute approximate surface area is 102 Å². The van der Waals surface area contributed by atoms with Gasteiger partial charge in [-0.1, -0.05) is 0 Å². The SMILES string of the molecule is CCNC(=O)NC(=O)CN1CC(C)NC(C)C1. The zero-order valence-electron chi connectivity index (χ0n) is 10.7. The van der Waals surface area contributed by atoms with E-state index in [1.54, 1.807) is 0 Å². The van der Waals surface area contributed by atoms with Gasteiger partial charge >= 0.3 is 6.03 Å². The molecule has 1 aliphatic rings. The fourth-order valence-corrected chi connectivity index (χ4v) is 2.14. The second kappa shape index (κ2) is 6.56. The molecule has 3 N–H and O–H groups in total. The average molecular weight is 242 g/mol. The third kappa shape index (κ3) is 5.14. The van der Waals surface area contributed by atoms with Crippen molar-refractivity contribution in [3.8, 4) is 0 Å². The van der Waals surface area contributed by atoms with Crippen molar-refractivity contribution >= 4 is 11.9 Å². The van der Waals surface area contributed by atoms with Crippen LogP contribution in [-0.2, 0) is 4.79 Å². The molecule has 0 aromatic rings. The Morgan fingerprint density at radius 1 is 1.29 bits per heavy atom. The number of hydrogen-bond acceptors (Lipinski definition) is 4. The number of rotatable bonds is 3. The summed E-state index contributed by atoms with van der Waals surface area (Å²) in [6.45, 7) is 8.42. The van der Waals surface area contributed by atoms with Gasteiger partial charge in [-0.15, -0.1) is 0 Å². The Hall–Kier alpha value is -1.14. The second-order valence-electron chi connectivity index (χ2n) is 4.57. The first-order chi connectivity index (χ1) is 8.01. The highest BCUT2D eigenvalue weighted by atomic mass is 16.2. The van der Waals surface area contributed by atoms with Crippen LogP contribution < -0.4 is 16.0 Å². The number of piperazine rings is 1. The number of amides is 3. The second-order valence-corrected chi connectivity index (χ2v) is 4.57. The Morgan fingerprint density at radius 3 is 2.41 bits per heavy atom. The summed E-state index contributed by atoms with van der Waals surface area (Å²) in [5.41, 5.74) is 0. The summed E-state index contributed by atoms with van der Waals surface area (Å²) in [5.74, 6) is -0.253. The zero-order valence-corrected chi connectivity index (χ0v) is 10.7. The van der Waals surface area contributed by atoms with Gasteiger partial charge in [0, 0.05) is 31.7 Å². The molecule has 1 fully saturated rings. The number of imide groups is 1. The van der Waals surface area contributed by atoms with Gasteiger partial charge in [0.15, 0.2) is 0 Å². The molecule has 0 saturated carbocycles. The first-order valence-electron chi connectivity index (χ1n) is 6.07. The fourth-order valence-electron chi connectivity index (χ4n) is 2.14. The maximum atomic E-state index is 11.6. The minimum absolute atomic E-state index is 0.253. The quantitative estimate of drug-likeness (QED) is 0.624. The molecule has 17 heavy (non-hydrogen) atoms. The lowest BCUT2D eigenvalue weighted by Gasteiger charge is -2.35. The molecule has 6 nitrogen and oxygen atoms in total. The zero-order chi connectivity index (χ0) is 12.8. The van der Waals surface area contributed by atoms with Gasteiger partial charge in [-0.05, 0) is 20.8 Å². The van der Waals surface area contributed by atoms with Gasteiger partial charge in [-0.3, -0.25) is 15.0 Å². The molecule has 1 rings (SSSR count). The standard InChI is InChI=1S/C11H22N4O2/c1-4-12-11(17)14-10(16)7-15-5-8(2)13-9(3)6-15/h8-9,13H,4-7H2,1-3H3,(H2,12,14,16,17). The van der Waals surface area contributed by atoms with E-state index in [1.807, 2.05) is 6.92 Å². The van der Waals surface area contributed by atoms with Crippen molar-refractivity contribution in [1.29, 1.82) is 0 Å². The molecule has 1 heterocycles. The molecule has 1 aliphatic heterocycles.